The Morgan fingerprint density at radius 1 is 1.29 bits per heavy atom. The molecule has 0 radical (unpaired) electrons. The average molecular weight is 308 g/mol. The molecule has 0 amide bonds. The van der Waals surface area contributed by atoms with Gasteiger partial charge >= 0.3 is 0 Å². The molecule has 0 aliphatic heterocycles. The number of hydrogen-bond donors (Lipinski definition) is 2. The lowest BCUT2D eigenvalue weighted by Crippen LogP contribution is -2.28. The van der Waals surface area contributed by atoms with Crippen LogP contribution in [0.3, 0.4) is 0 Å². The highest BCUT2D eigenvalue weighted by Gasteiger charge is 2.29. The van der Waals surface area contributed by atoms with E-state index in [2.05, 4.69) is 38.0 Å². The number of nitrogens with one attached hydrogen (secondary N) is 1. The van der Waals surface area contributed by atoms with Crippen molar-refractivity contribution in [1.82, 2.24) is 9.97 Å². The van der Waals surface area contributed by atoms with E-state index in [9.17, 15) is 0 Å². The highest BCUT2D eigenvalue weighted by molar-refractivity contribution is 7.99. The molecule has 118 valence electrons. The maximum Gasteiger partial charge on any atom is 0.138 e. The Morgan fingerprint density at radius 3 is 2.62 bits per heavy atom. The SMILES string of the molecule is CCSC1CCCC1Nc1nc(C(C)(C)C)nc(N)c1C. The fourth-order valence-electron chi connectivity index (χ4n) is 2.69. The fraction of sp³-hybridized carbons (Fsp3) is 0.750. The molecule has 2 unspecified atom stereocenters. The van der Waals surface area contributed by atoms with Crippen LogP contribution in [-0.4, -0.2) is 27.0 Å². The number of nitrogen functional groups attached to an aromatic ring is 1. The molecule has 21 heavy (non-hydrogen) atoms. The number of nitrogens with two attached hydrogens (primary N) is 1. The molecule has 0 spiro atoms. The molecule has 2 atom stereocenters. The van der Waals surface area contributed by atoms with E-state index < -0.39 is 0 Å². The number of hydrogen-bond acceptors (Lipinski definition) is 5. The van der Waals surface area contributed by atoms with Crippen molar-refractivity contribution >= 4 is 23.4 Å². The number of aromatic nitrogens is 2. The zero-order valence-electron chi connectivity index (χ0n) is 13.9. The molecule has 1 aliphatic rings. The Balaban J connectivity index is 2.25. The first-order valence-electron chi connectivity index (χ1n) is 7.85. The Bertz CT molecular complexity index is 496. The van der Waals surface area contributed by atoms with Crippen molar-refractivity contribution in [1.29, 1.82) is 0 Å². The van der Waals surface area contributed by atoms with E-state index in [0.29, 0.717) is 17.1 Å². The Hall–Kier alpha value is -0.970. The Labute approximate surface area is 132 Å². The normalized spacial score (nSPS) is 22.5. The van der Waals surface area contributed by atoms with Crippen LogP contribution < -0.4 is 11.1 Å². The maximum absolute atomic E-state index is 6.09. The van der Waals surface area contributed by atoms with Gasteiger partial charge in [0.1, 0.15) is 17.5 Å². The van der Waals surface area contributed by atoms with Crippen molar-refractivity contribution in [2.75, 3.05) is 16.8 Å². The van der Waals surface area contributed by atoms with E-state index in [1.54, 1.807) is 0 Å². The van der Waals surface area contributed by atoms with E-state index in [0.717, 1.165) is 17.2 Å². The largest absolute Gasteiger partial charge is 0.383 e. The molecule has 0 saturated heterocycles. The zero-order valence-corrected chi connectivity index (χ0v) is 14.7. The van der Waals surface area contributed by atoms with Crippen molar-refractivity contribution in [3.05, 3.63) is 11.4 Å². The van der Waals surface area contributed by atoms with Gasteiger partial charge in [0.15, 0.2) is 0 Å². The highest BCUT2D eigenvalue weighted by atomic mass is 32.2. The van der Waals surface area contributed by atoms with Gasteiger partial charge in [-0.3, -0.25) is 0 Å². The lowest BCUT2D eigenvalue weighted by Gasteiger charge is -2.24. The topological polar surface area (TPSA) is 63.8 Å². The molecular formula is C16H28N4S. The van der Waals surface area contributed by atoms with Crippen LogP contribution in [0.1, 0.15) is 58.3 Å². The number of rotatable bonds is 4. The number of thioether (sulfide) groups is 1. The van der Waals surface area contributed by atoms with E-state index >= 15 is 0 Å². The van der Waals surface area contributed by atoms with Gasteiger partial charge in [-0.1, -0.05) is 34.1 Å². The molecule has 0 bridgehead atoms. The molecule has 5 heteroatoms. The number of anilines is 2. The molecule has 2 rings (SSSR count). The summed E-state index contributed by atoms with van der Waals surface area (Å²) in [5.74, 6) is 3.49. The predicted octanol–water partition coefficient (Wildman–Crippen LogP) is 3.75. The fourth-order valence-corrected chi connectivity index (χ4v) is 3.89. The first-order chi connectivity index (χ1) is 9.82. The summed E-state index contributed by atoms with van der Waals surface area (Å²) in [6.45, 7) is 10.6. The van der Waals surface area contributed by atoms with E-state index in [1.165, 1.54) is 25.0 Å². The first kappa shape index (κ1) is 16.4. The van der Waals surface area contributed by atoms with Gasteiger partial charge in [-0.25, -0.2) is 9.97 Å². The lowest BCUT2D eigenvalue weighted by atomic mass is 9.95. The van der Waals surface area contributed by atoms with Gasteiger partial charge in [0.2, 0.25) is 0 Å². The molecule has 4 nitrogen and oxygen atoms in total. The van der Waals surface area contributed by atoms with Gasteiger partial charge in [0.05, 0.1) is 0 Å². The third kappa shape index (κ3) is 3.82. The first-order valence-corrected chi connectivity index (χ1v) is 8.90. The van der Waals surface area contributed by atoms with Crippen molar-refractivity contribution < 1.29 is 0 Å². The van der Waals surface area contributed by atoms with E-state index in [4.69, 9.17) is 10.7 Å². The summed E-state index contributed by atoms with van der Waals surface area (Å²) in [6.07, 6.45) is 3.80. The summed E-state index contributed by atoms with van der Waals surface area (Å²) in [7, 11) is 0. The van der Waals surface area contributed by atoms with Crippen LogP contribution in [0.15, 0.2) is 0 Å². The zero-order chi connectivity index (χ0) is 15.6. The molecule has 0 aromatic carbocycles. The molecule has 1 heterocycles. The molecule has 1 aliphatic carbocycles. The van der Waals surface area contributed by atoms with Crippen molar-refractivity contribution in [2.24, 2.45) is 0 Å². The van der Waals surface area contributed by atoms with Gasteiger partial charge in [-0.2, -0.15) is 11.8 Å². The molecule has 1 saturated carbocycles. The monoisotopic (exact) mass is 308 g/mol. The summed E-state index contributed by atoms with van der Waals surface area (Å²) >= 11 is 2.05. The molecule has 1 aromatic heterocycles. The summed E-state index contributed by atoms with van der Waals surface area (Å²) < 4.78 is 0. The van der Waals surface area contributed by atoms with Crippen LogP contribution in [0.25, 0.3) is 0 Å². The average Bonchev–Trinajstić information content (AvgIpc) is 2.81. The van der Waals surface area contributed by atoms with Crippen molar-refractivity contribution in [3.8, 4) is 0 Å². The van der Waals surface area contributed by atoms with Crippen molar-refractivity contribution in [2.45, 2.75) is 70.6 Å². The second kappa shape index (κ2) is 6.42. The molecule has 1 aromatic rings. The van der Waals surface area contributed by atoms with Gasteiger partial charge in [-0.15, -0.1) is 0 Å². The minimum absolute atomic E-state index is 0.0918. The second-order valence-corrected chi connectivity index (χ2v) is 8.35. The van der Waals surface area contributed by atoms with Crippen LogP contribution in [-0.2, 0) is 5.41 Å². The smallest absolute Gasteiger partial charge is 0.138 e. The van der Waals surface area contributed by atoms with Crippen LogP contribution in [0.5, 0.6) is 0 Å². The molecular weight excluding hydrogens is 280 g/mol. The van der Waals surface area contributed by atoms with Crippen LogP contribution in [0, 0.1) is 6.92 Å². The standard InChI is InChI=1S/C16H28N4S/c1-6-21-12-9-7-8-11(12)18-14-10(2)13(17)19-15(20-14)16(3,4)5/h11-12H,6-9H2,1-5H3,(H3,17,18,19,20). The summed E-state index contributed by atoms with van der Waals surface area (Å²) in [5, 5.41) is 4.33. The minimum atomic E-state index is -0.0918. The van der Waals surface area contributed by atoms with Crippen molar-refractivity contribution in [3.63, 3.8) is 0 Å². The third-order valence-electron chi connectivity index (χ3n) is 4.01. The summed E-state index contributed by atoms with van der Waals surface area (Å²) in [6, 6.07) is 0.496. The van der Waals surface area contributed by atoms with Gasteiger partial charge in [0.25, 0.3) is 0 Å². The summed E-state index contributed by atoms with van der Waals surface area (Å²) in [4.78, 5) is 9.21. The van der Waals surface area contributed by atoms with Gasteiger partial charge in [0, 0.05) is 22.3 Å². The quantitative estimate of drug-likeness (QED) is 0.887. The number of nitrogens with zero attached hydrogens (tertiary/aromatic N) is 2. The minimum Gasteiger partial charge on any atom is -0.383 e. The Kier molecular flexibility index (Phi) is 5.02. The van der Waals surface area contributed by atoms with E-state index in [1.807, 2.05) is 18.7 Å². The summed E-state index contributed by atoms with van der Waals surface area (Å²) in [5.41, 5.74) is 6.97. The van der Waals surface area contributed by atoms with E-state index in [-0.39, 0.29) is 5.41 Å². The second-order valence-electron chi connectivity index (χ2n) is 6.83. The third-order valence-corrected chi connectivity index (χ3v) is 5.34. The highest BCUT2D eigenvalue weighted by Crippen LogP contribution is 2.33. The van der Waals surface area contributed by atoms with Gasteiger partial charge in [-0.05, 0) is 25.5 Å². The van der Waals surface area contributed by atoms with Crippen LogP contribution in [0.4, 0.5) is 11.6 Å². The van der Waals surface area contributed by atoms with Crippen LogP contribution >= 0.6 is 11.8 Å². The Morgan fingerprint density at radius 2 is 2.00 bits per heavy atom. The molecule has 1 fully saturated rings. The predicted molar refractivity (Wildman–Crippen MR) is 93.1 cm³/mol. The van der Waals surface area contributed by atoms with Gasteiger partial charge < -0.3 is 11.1 Å². The maximum atomic E-state index is 6.09. The van der Waals surface area contributed by atoms with Crippen LogP contribution in [0.2, 0.25) is 0 Å². The lowest BCUT2D eigenvalue weighted by molar-refractivity contribution is 0.545. The molecule has 3 N–H and O–H groups in total.